The summed E-state index contributed by atoms with van der Waals surface area (Å²) in [6.07, 6.45) is 4.83. The second-order valence-corrected chi connectivity index (χ2v) is 3.87. The van der Waals surface area contributed by atoms with Crippen molar-refractivity contribution in [2.75, 3.05) is 0 Å². The van der Waals surface area contributed by atoms with Crippen molar-refractivity contribution in [1.82, 2.24) is 20.1 Å². The molecule has 0 aromatic carbocycles. The maximum Gasteiger partial charge on any atom is 0.256 e. The minimum Gasteiger partial charge on any atom is -0.348 e. The molecule has 0 atom stereocenters. The maximum absolute atomic E-state index is 11.8. The van der Waals surface area contributed by atoms with Crippen molar-refractivity contribution < 1.29 is 4.79 Å². The molecular weight excluding hydrogens is 240 g/mol. The minimum absolute atomic E-state index is 0.244. The largest absolute Gasteiger partial charge is 0.348 e. The smallest absolute Gasteiger partial charge is 0.256 e. The first-order chi connectivity index (χ1) is 8.18. The van der Waals surface area contributed by atoms with Crippen LogP contribution in [0.2, 0.25) is 5.15 Å². The highest BCUT2D eigenvalue weighted by atomic mass is 35.5. The van der Waals surface area contributed by atoms with Crippen LogP contribution in [0.5, 0.6) is 0 Å². The van der Waals surface area contributed by atoms with Gasteiger partial charge in [0.25, 0.3) is 5.91 Å². The first-order valence-electron chi connectivity index (χ1n) is 5.03. The summed E-state index contributed by atoms with van der Waals surface area (Å²) in [7, 11) is 1.68. The molecule has 0 aliphatic carbocycles. The van der Waals surface area contributed by atoms with Gasteiger partial charge in [-0.25, -0.2) is 0 Å². The third-order valence-electron chi connectivity index (χ3n) is 2.29. The Balaban J connectivity index is 2.01. The Hall–Kier alpha value is -1.88. The zero-order chi connectivity index (χ0) is 12.3. The van der Waals surface area contributed by atoms with Crippen LogP contribution in [-0.4, -0.2) is 20.7 Å². The Labute approximate surface area is 103 Å². The Bertz CT molecular complexity index is 524. The lowest BCUT2D eigenvalue weighted by Crippen LogP contribution is -2.22. The van der Waals surface area contributed by atoms with E-state index >= 15 is 0 Å². The molecule has 0 spiro atoms. The lowest BCUT2D eigenvalue weighted by atomic mass is 10.2. The highest BCUT2D eigenvalue weighted by Gasteiger charge is 2.13. The first kappa shape index (κ1) is 11.6. The van der Waals surface area contributed by atoms with Crippen LogP contribution in [0.4, 0.5) is 0 Å². The van der Waals surface area contributed by atoms with Gasteiger partial charge in [0, 0.05) is 26.0 Å². The summed E-state index contributed by atoms with van der Waals surface area (Å²) in [5.41, 5.74) is 1.30. The molecule has 0 saturated carbocycles. The molecule has 1 amide bonds. The van der Waals surface area contributed by atoms with Gasteiger partial charge < -0.3 is 5.32 Å². The summed E-state index contributed by atoms with van der Waals surface area (Å²) in [5, 5.41) is 6.98. The summed E-state index contributed by atoms with van der Waals surface area (Å²) in [5.74, 6) is -0.244. The van der Waals surface area contributed by atoms with Gasteiger partial charge in [0.2, 0.25) is 0 Å². The molecule has 0 radical (unpaired) electrons. The zero-order valence-corrected chi connectivity index (χ0v) is 9.98. The highest BCUT2D eigenvalue weighted by Crippen LogP contribution is 2.13. The standard InChI is InChI=1S/C11H11ClN4O/c1-16-10(12)9(7-15-16)11(17)14-6-8-3-2-4-13-5-8/h2-5,7H,6H2,1H3,(H,14,17). The van der Waals surface area contributed by atoms with Crippen LogP contribution >= 0.6 is 11.6 Å². The number of aryl methyl sites for hydroxylation is 1. The van der Waals surface area contributed by atoms with Crippen LogP contribution in [0.15, 0.2) is 30.7 Å². The molecule has 2 aromatic rings. The molecule has 2 heterocycles. The molecule has 2 rings (SSSR count). The van der Waals surface area contributed by atoms with E-state index in [4.69, 9.17) is 11.6 Å². The van der Waals surface area contributed by atoms with Crippen molar-refractivity contribution in [2.24, 2.45) is 7.05 Å². The van der Waals surface area contributed by atoms with E-state index in [9.17, 15) is 4.79 Å². The van der Waals surface area contributed by atoms with E-state index in [1.807, 2.05) is 12.1 Å². The molecule has 17 heavy (non-hydrogen) atoms. The van der Waals surface area contributed by atoms with Crippen molar-refractivity contribution in [2.45, 2.75) is 6.54 Å². The van der Waals surface area contributed by atoms with Gasteiger partial charge in [0.1, 0.15) is 5.15 Å². The minimum atomic E-state index is -0.244. The number of carbonyl (C=O) groups excluding carboxylic acids is 1. The maximum atomic E-state index is 11.8. The second-order valence-electron chi connectivity index (χ2n) is 3.52. The normalized spacial score (nSPS) is 10.2. The lowest BCUT2D eigenvalue weighted by molar-refractivity contribution is 0.0951. The van der Waals surface area contributed by atoms with Gasteiger partial charge in [-0.3, -0.25) is 14.5 Å². The van der Waals surface area contributed by atoms with Gasteiger partial charge in [-0.05, 0) is 11.6 Å². The number of pyridine rings is 1. The van der Waals surface area contributed by atoms with Gasteiger partial charge in [0.15, 0.2) is 0 Å². The average Bonchev–Trinajstić information content (AvgIpc) is 2.69. The third kappa shape index (κ3) is 2.62. The number of rotatable bonds is 3. The molecule has 2 aromatic heterocycles. The number of carbonyl (C=O) groups is 1. The van der Waals surface area contributed by atoms with Gasteiger partial charge >= 0.3 is 0 Å². The monoisotopic (exact) mass is 250 g/mol. The van der Waals surface area contributed by atoms with Crippen LogP contribution in [0.1, 0.15) is 15.9 Å². The van der Waals surface area contributed by atoms with Gasteiger partial charge in [-0.2, -0.15) is 5.10 Å². The van der Waals surface area contributed by atoms with Crippen molar-refractivity contribution in [3.05, 3.63) is 47.0 Å². The van der Waals surface area contributed by atoms with Crippen molar-refractivity contribution in [3.8, 4) is 0 Å². The number of hydrogen-bond donors (Lipinski definition) is 1. The third-order valence-corrected chi connectivity index (χ3v) is 2.74. The predicted octanol–water partition coefficient (Wildman–Crippen LogP) is 1.40. The van der Waals surface area contributed by atoms with E-state index < -0.39 is 0 Å². The van der Waals surface area contributed by atoms with E-state index in [1.54, 1.807) is 19.4 Å². The summed E-state index contributed by atoms with van der Waals surface area (Å²) < 4.78 is 1.44. The molecule has 1 N–H and O–H groups in total. The van der Waals surface area contributed by atoms with E-state index in [0.717, 1.165) is 5.56 Å². The number of amides is 1. The SMILES string of the molecule is Cn1ncc(C(=O)NCc2cccnc2)c1Cl. The van der Waals surface area contributed by atoms with Crippen LogP contribution < -0.4 is 5.32 Å². The van der Waals surface area contributed by atoms with Crippen LogP contribution in [0.3, 0.4) is 0 Å². The van der Waals surface area contributed by atoms with E-state index in [0.29, 0.717) is 17.3 Å². The highest BCUT2D eigenvalue weighted by molar-refractivity contribution is 6.32. The molecule has 6 heteroatoms. The molecule has 0 aliphatic heterocycles. The van der Waals surface area contributed by atoms with Crippen molar-refractivity contribution in [1.29, 1.82) is 0 Å². The van der Waals surface area contributed by atoms with Crippen molar-refractivity contribution >= 4 is 17.5 Å². The molecule has 5 nitrogen and oxygen atoms in total. The molecule has 88 valence electrons. The number of halogens is 1. The number of hydrogen-bond acceptors (Lipinski definition) is 3. The van der Waals surface area contributed by atoms with E-state index in [-0.39, 0.29) is 5.91 Å². The summed E-state index contributed by atoms with van der Waals surface area (Å²) in [6.45, 7) is 0.415. The first-order valence-corrected chi connectivity index (χ1v) is 5.41. The fraction of sp³-hybridized carbons (Fsp3) is 0.182. The number of nitrogens with one attached hydrogen (secondary N) is 1. The Morgan fingerprint density at radius 3 is 2.94 bits per heavy atom. The summed E-state index contributed by atoms with van der Waals surface area (Å²) >= 11 is 5.91. The van der Waals surface area contributed by atoms with E-state index in [1.165, 1.54) is 10.9 Å². The fourth-order valence-corrected chi connectivity index (χ4v) is 1.53. The van der Waals surface area contributed by atoms with Gasteiger partial charge in [0.05, 0.1) is 11.8 Å². The quantitative estimate of drug-likeness (QED) is 0.896. The molecule has 0 unspecified atom stereocenters. The van der Waals surface area contributed by atoms with Crippen LogP contribution in [-0.2, 0) is 13.6 Å². The van der Waals surface area contributed by atoms with Crippen molar-refractivity contribution in [3.63, 3.8) is 0 Å². The molecule has 0 fully saturated rings. The van der Waals surface area contributed by atoms with Gasteiger partial charge in [-0.1, -0.05) is 17.7 Å². The molecule has 0 bridgehead atoms. The van der Waals surface area contributed by atoms with E-state index in [2.05, 4.69) is 15.4 Å². The average molecular weight is 251 g/mol. The van der Waals surface area contributed by atoms with Crippen LogP contribution in [0, 0.1) is 0 Å². The molecule has 0 saturated heterocycles. The summed E-state index contributed by atoms with van der Waals surface area (Å²) in [6, 6.07) is 3.71. The topological polar surface area (TPSA) is 59.8 Å². The number of nitrogens with zero attached hydrogens (tertiary/aromatic N) is 3. The molecule has 0 aliphatic rings. The zero-order valence-electron chi connectivity index (χ0n) is 9.22. The predicted molar refractivity (Wildman–Crippen MR) is 63.6 cm³/mol. The fourth-order valence-electron chi connectivity index (χ4n) is 1.36. The van der Waals surface area contributed by atoms with Gasteiger partial charge in [-0.15, -0.1) is 0 Å². The lowest BCUT2D eigenvalue weighted by Gasteiger charge is -2.03. The van der Waals surface area contributed by atoms with Crippen LogP contribution in [0.25, 0.3) is 0 Å². The molecular formula is C11H11ClN4O. The second kappa shape index (κ2) is 4.97. The number of aromatic nitrogens is 3. The Morgan fingerprint density at radius 1 is 1.53 bits per heavy atom. The Morgan fingerprint density at radius 2 is 2.35 bits per heavy atom. The summed E-state index contributed by atoms with van der Waals surface area (Å²) in [4.78, 5) is 15.7. The Kier molecular flexibility index (Phi) is 3.39.